The molecule has 0 bridgehead atoms. The summed E-state index contributed by atoms with van der Waals surface area (Å²) in [6.07, 6.45) is 0. The predicted octanol–water partition coefficient (Wildman–Crippen LogP) is 8.20. The van der Waals surface area contributed by atoms with Crippen LogP contribution in [0.25, 0.3) is 0 Å². The van der Waals surface area contributed by atoms with Crippen molar-refractivity contribution in [1.29, 1.82) is 0 Å². The van der Waals surface area contributed by atoms with E-state index in [4.69, 9.17) is 74.3 Å². The fraction of sp³-hybridized carbons (Fsp3) is 0. The van der Waals surface area contributed by atoms with Crippen molar-refractivity contribution >= 4 is 85.3 Å². The zero-order valence-corrected chi connectivity index (χ0v) is 19.4. The van der Waals surface area contributed by atoms with Gasteiger partial charge in [-0.3, -0.25) is 4.72 Å². The normalized spacial score (nSPS) is 11.4. The van der Waals surface area contributed by atoms with Crippen molar-refractivity contribution < 1.29 is 13.2 Å². The number of hydrogen-bond acceptors (Lipinski definition) is 3. The highest BCUT2D eigenvalue weighted by Crippen LogP contribution is 2.44. The fourth-order valence-electron chi connectivity index (χ4n) is 2.27. The molecule has 0 aliphatic heterocycles. The minimum atomic E-state index is -3.88. The lowest BCUT2D eigenvalue weighted by molar-refractivity contribution is 0.484. The van der Waals surface area contributed by atoms with E-state index in [0.29, 0.717) is 10.0 Å². The molecule has 11 heteroatoms. The van der Waals surface area contributed by atoms with Crippen LogP contribution in [-0.2, 0) is 10.0 Å². The maximum absolute atomic E-state index is 12.5. The van der Waals surface area contributed by atoms with Gasteiger partial charge in [-0.25, -0.2) is 8.42 Å². The molecule has 0 saturated carbocycles. The first-order chi connectivity index (χ1) is 13.6. The van der Waals surface area contributed by atoms with E-state index in [2.05, 4.69) is 4.72 Å². The van der Waals surface area contributed by atoms with Gasteiger partial charge in [0.2, 0.25) is 0 Å². The molecule has 1 N–H and O–H groups in total. The lowest BCUT2D eigenvalue weighted by Gasteiger charge is -2.15. The zero-order chi connectivity index (χ0) is 21.3. The second kappa shape index (κ2) is 8.98. The second-order valence-electron chi connectivity index (χ2n) is 5.63. The van der Waals surface area contributed by atoms with Crippen LogP contribution in [0.15, 0.2) is 53.4 Å². The zero-order valence-electron chi connectivity index (χ0n) is 14.0. The minimum Gasteiger partial charge on any atom is -0.451 e. The average molecular weight is 532 g/mol. The van der Waals surface area contributed by atoms with E-state index >= 15 is 0 Å². The van der Waals surface area contributed by atoms with Gasteiger partial charge in [0.1, 0.15) is 0 Å². The third-order valence-corrected chi connectivity index (χ3v) is 6.53. The maximum Gasteiger partial charge on any atom is 0.261 e. The molecule has 0 fully saturated rings. The van der Waals surface area contributed by atoms with E-state index in [9.17, 15) is 8.42 Å². The highest BCUT2D eigenvalue weighted by atomic mass is 35.5. The van der Waals surface area contributed by atoms with Crippen molar-refractivity contribution in [3.63, 3.8) is 0 Å². The van der Waals surface area contributed by atoms with Crippen LogP contribution in [0.1, 0.15) is 0 Å². The van der Waals surface area contributed by atoms with Crippen molar-refractivity contribution in [2.75, 3.05) is 4.72 Å². The van der Waals surface area contributed by atoms with E-state index < -0.39 is 10.0 Å². The number of hydrogen-bond donors (Lipinski definition) is 1. The molecule has 29 heavy (non-hydrogen) atoms. The van der Waals surface area contributed by atoms with Crippen LogP contribution >= 0.6 is 69.6 Å². The minimum absolute atomic E-state index is 0.0224. The Morgan fingerprint density at radius 1 is 0.655 bits per heavy atom. The van der Waals surface area contributed by atoms with E-state index in [0.717, 1.165) is 0 Å². The molecule has 0 amide bonds. The Morgan fingerprint density at radius 3 is 1.59 bits per heavy atom. The van der Waals surface area contributed by atoms with Gasteiger partial charge in [0.15, 0.2) is 11.5 Å². The number of rotatable bonds is 5. The van der Waals surface area contributed by atoms with E-state index in [-0.39, 0.29) is 42.2 Å². The summed E-state index contributed by atoms with van der Waals surface area (Å²) in [4.78, 5) is 0.0224. The lowest BCUT2D eigenvalue weighted by atomic mass is 10.3. The summed E-state index contributed by atoms with van der Waals surface area (Å²) in [7, 11) is -3.88. The van der Waals surface area contributed by atoms with E-state index in [1.165, 1.54) is 48.5 Å². The highest BCUT2D eigenvalue weighted by Gasteiger charge is 2.19. The van der Waals surface area contributed by atoms with Gasteiger partial charge in [-0.1, -0.05) is 69.6 Å². The number of ether oxygens (including phenoxy) is 1. The first kappa shape index (κ1) is 22.6. The Balaban J connectivity index is 1.91. The second-order valence-corrected chi connectivity index (χ2v) is 9.81. The van der Waals surface area contributed by atoms with Crippen LogP contribution in [0.2, 0.25) is 30.1 Å². The first-order valence-corrected chi connectivity index (χ1v) is 11.4. The van der Waals surface area contributed by atoms with Crippen molar-refractivity contribution in [2.45, 2.75) is 4.90 Å². The summed E-state index contributed by atoms with van der Waals surface area (Å²) in [5.41, 5.74) is 0.135. The fourth-order valence-corrected chi connectivity index (χ4v) is 4.90. The largest absolute Gasteiger partial charge is 0.451 e. The van der Waals surface area contributed by atoms with Crippen LogP contribution in [-0.4, -0.2) is 8.42 Å². The van der Waals surface area contributed by atoms with Crippen molar-refractivity contribution in [2.24, 2.45) is 0 Å². The van der Waals surface area contributed by atoms with Gasteiger partial charge < -0.3 is 4.74 Å². The number of benzene rings is 3. The van der Waals surface area contributed by atoms with Gasteiger partial charge in [-0.05, 0) is 48.5 Å². The van der Waals surface area contributed by atoms with Gasteiger partial charge in [-0.2, -0.15) is 0 Å². The van der Waals surface area contributed by atoms with Crippen LogP contribution < -0.4 is 9.46 Å². The van der Waals surface area contributed by atoms with E-state index in [1.54, 1.807) is 0 Å². The van der Waals surface area contributed by atoms with Crippen molar-refractivity contribution in [3.8, 4) is 11.5 Å². The molecule has 3 aromatic carbocycles. The Morgan fingerprint density at radius 2 is 1.10 bits per heavy atom. The van der Waals surface area contributed by atoms with Crippen LogP contribution in [0.3, 0.4) is 0 Å². The standard InChI is InChI=1S/C18H9Cl6NO3S/c19-9-1-3-12(4-2-9)29(26,27)25-11-7-15(23)18(16(24)8-11)28-17-13(21)5-10(20)6-14(17)22/h1-8,25H. The molecule has 0 unspecified atom stereocenters. The molecule has 0 aliphatic carbocycles. The number of anilines is 1. The smallest absolute Gasteiger partial charge is 0.261 e. The van der Waals surface area contributed by atoms with Gasteiger partial charge in [0.25, 0.3) is 10.0 Å². The molecule has 0 aliphatic rings. The summed E-state index contributed by atoms with van der Waals surface area (Å²) in [5, 5.41) is 1.12. The molecule has 152 valence electrons. The summed E-state index contributed by atoms with van der Waals surface area (Å²) >= 11 is 36.4. The molecule has 0 saturated heterocycles. The van der Waals surface area contributed by atoms with Gasteiger partial charge in [-0.15, -0.1) is 0 Å². The third-order valence-electron chi connectivity index (χ3n) is 3.54. The molecule has 3 rings (SSSR count). The van der Waals surface area contributed by atoms with Crippen LogP contribution in [0, 0.1) is 0 Å². The summed E-state index contributed by atoms with van der Waals surface area (Å²) in [6, 6.07) is 11.2. The number of halogens is 6. The van der Waals surface area contributed by atoms with E-state index in [1.807, 2.05) is 0 Å². The molecule has 0 aromatic heterocycles. The van der Waals surface area contributed by atoms with Crippen LogP contribution in [0.4, 0.5) is 5.69 Å². The number of nitrogens with one attached hydrogen (secondary N) is 1. The summed E-state index contributed by atoms with van der Waals surface area (Å²) < 4.78 is 33.1. The Bertz CT molecular complexity index is 1140. The predicted molar refractivity (Wildman–Crippen MR) is 120 cm³/mol. The first-order valence-electron chi connectivity index (χ1n) is 7.66. The van der Waals surface area contributed by atoms with Crippen LogP contribution in [0.5, 0.6) is 11.5 Å². The maximum atomic E-state index is 12.5. The quantitative estimate of drug-likeness (QED) is 0.361. The van der Waals surface area contributed by atoms with Gasteiger partial charge in [0, 0.05) is 10.0 Å². The topological polar surface area (TPSA) is 55.4 Å². The summed E-state index contributed by atoms with van der Waals surface area (Å²) in [5.74, 6) is 0.157. The molecule has 0 heterocycles. The molecule has 0 radical (unpaired) electrons. The van der Waals surface area contributed by atoms with Gasteiger partial charge >= 0.3 is 0 Å². The Kier molecular flexibility index (Phi) is 7.01. The van der Waals surface area contributed by atoms with Crippen molar-refractivity contribution in [3.05, 3.63) is 78.7 Å². The molecule has 0 spiro atoms. The molecular weight excluding hydrogens is 523 g/mol. The van der Waals surface area contributed by atoms with Crippen molar-refractivity contribution in [1.82, 2.24) is 0 Å². The highest BCUT2D eigenvalue weighted by molar-refractivity contribution is 7.92. The molecule has 3 aromatic rings. The molecule has 4 nitrogen and oxygen atoms in total. The van der Waals surface area contributed by atoms with Gasteiger partial charge in [0.05, 0.1) is 30.7 Å². The monoisotopic (exact) mass is 529 g/mol. The SMILES string of the molecule is O=S(=O)(Nc1cc(Cl)c(Oc2c(Cl)cc(Cl)cc2Cl)c(Cl)c1)c1ccc(Cl)cc1. The Labute approximate surface area is 197 Å². The number of sulfonamides is 1. The lowest BCUT2D eigenvalue weighted by Crippen LogP contribution is -2.12. The molecule has 0 atom stereocenters. The average Bonchev–Trinajstić information content (AvgIpc) is 2.59. The Hall–Kier alpha value is -1.05. The molecular formula is C18H9Cl6NO3S. The summed E-state index contributed by atoms with van der Waals surface area (Å²) in [6.45, 7) is 0. The third kappa shape index (κ3) is 5.36.